The molecule has 0 saturated heterocycles. The molecule has 17 heavy (non-hydrogen) atoms. The van der Waals surface area contributed by atoms with E-state index in [1.54, 1.807) is 0 Å². The van der Waals surface area contributed by atoms with Crippen LogP contribution in [0, 0.1) is 11.7 Å². The predicted octanol–water partition coefficient (Wildman–Crippen LogP) is 2.75. The van der Waals surface area contributed by atoms with Gasteiger partial charge in [0.15, 0.2) is 0 Å². The van der Waals surface area contributed by atoms with Crippen molar-refractivity contribution in [2.75, 3.05) is 6.54 Å². The first-order valence-electron chi connectivity index (χ1n) is 6.06. The van der Waals surface area contributed by atoms with E-state index in [1.165, 1.54) is 12.3 Å². The van der Waals surface area contributed by atoms with Crippen LogP contribution in [0.25, 0.3) is 0 Å². The summed E-state index contributed by atoms with van der Waals surface area (Å²) in [7, 11) is 0. The lowest BCUT2D eigenvalue weighted by Crippen LogP contribution is -2.21. The van der Waals surface area contributed by atoms with Crippen molar-refractivity contribution in [2.24, 2.45) is 5.92 Å². The van der Waals surface area contributed by atoms with Crippen molar-refractivity contribution in [2.45, 2.75) is 40.3 Å². The summed E-state index contributed by atoms with van der Waals surface area (Å²) in [4.78, 5) is 4.02. The maximum Gasteiger partial charge on any atom is 0.218 e. The van der Waals surface area contributed by atoms with Gasteiger partial charge in [-0.1, -0.05) is 20.8 Å². The number of hydrogen-bond acceptors (Lipinski definition) is 3. The van der Waals surface area contributed by atoms with Crippen molar-refractivity contribution in [3.63, 3.8) is 0 Å². The summed E-state index contributed by atoms with van der Waals surface area (Å²) in [5.74, 6) is 0.588. The minimum absolute atomic E-state index is 0.0633. The highest BCUT2D eigenvalue weighted by molar-refractivity contribution is 5.26. The summed E-state index contributed by atoms with van der Waals surface area (Å²) in [5, 5.41) is 3.15. The minimum Gasteiger partial charge on any atom is -0.474 e. The van der Waals surface area contributed by atoms with E-state index in [0.29, 0.717) is 18.3 Å². The van der Waals surface area contributed by atoms with Gasteiger partial charge in [-0.25, -0.2) is 9.37 Å². The Morgan fingerprint density at radius 1 is 1.41 bits per heavy atom. The molecule has 0 amide bonds. The first kappa shape index (κ1) is 13.9. The van der Waals surface area contributed by atoms with Gasteiger partial charge in [0, 0.05) is 12.1 Å². The zero-order valence-corrected chi connectivity index (χ0v) is 11.0. The number of halogens is 1. The molecule has 0 fully saturated rings. The van der Waals surface area contributed by atoms with Crippen LogP contribution in [0.2, 0.25) is 0 Å². The molecule has 4 heteroatoms. The normalized spacial score (nSPS) is 12.8. The molecule has 96 valence electrons. The molecule has 0 radical (unpaired) electrons. The number of nitrogens with zero attached hydrogens (tertiary/aromatic N) is 1. The molecule has 1 atom stereocenters. The first-order valence-corrected chi connectivity index (χ1v) is 6.06. The highest BCUT2D eigenvalue weighted by Gasteiger charge is 2.13. The Hall–Kier alpha value is -1.16. The van der Waals surface area contributed by atoms with E-state index in [2.05, 4.69) is 24.1 Å². The third kappa shape index (κ3) is 4.30. The zero-order valence-electron chi connectivity index (χ0n) is 11.0. The van der Waals surface area contributed by atoms with E-state index >= 15 is 0 Å². The number of nitrogens with one attached hydrogen (secondary N) is 1. The molecule has 0 aliphatic heterocycles. The molecule has 1 rings (SSSR count). The van der Waals surface area contributed by atoms with Crippen LogP contribution in [-0.2, 0) is 6.54 Å². The summed E-state index contributed by atoms with van der Waals surface area (Å²) >= 11 is 0. The fraction of sp³-hybridized carbons (Fsp3) is 0.615. The fourth-order valence-electron chi connectivity index (χ4n) is 1.27. The van der Waals surface area contributed by atoms with E-state index < -0.39 is 0 Å². The number of hydrogen-bond donors (Lipinski definition) is 1. The maximum atomic E-state index is 13.1. The van der Waals surface area contributed by atoms with E-state index in [0.717, 1.165) is 12.1 Å². The molecule has 3 nitrogen and oxygen atoms in total. The zero-order chi connectivity index (χ0) is 12.8. The van der Waals surface area contributed by atoms with Crippen LogP contribution in [0.3, 0.4) is 0 Å². The van der Waals surface area contributed by atoms with Crippen molar-refractivity contribution in [1.82, 2.24) is 10.3 Å². The Labute approximate surface area is 102 Å². The monoisotopic (exact) mass is 240 g/mol. The van der Waals surface area contributed by atoms with Gasteiger partial charge >= 0.3 is 0 Å². The molecule has 0 spiro atoms. The lowest BCUT2D eigenvalue weighted by Gasteiger charge is -2.19. The van der Waals surface area contributed by atoms with Crippen molar-refractivity contribution < 1.29 is 9.13 Å². The molecule has 1 N–H and O–H groups in total. The highest BCUT2D eigenvalue weighted by Crippen LogP contribution is 2.19. The van der Waals surface area contributed by atoms with E-state index in [-0.39, 0.29) is 11.9 Å². The second-order valence-electron chi connectivity index (χ2n) is 4.47. The molecule has 0 aliphatic carbocycles. The van der Waals surface area contributed by atoms with E-state index in [1.807, 2.05) is 13.8 Å². The third-order valence-corrected chi connectivity index (χ3v) is 2.69. The minimum atomic E-state index is -0.331. The molecular weight excluding hydrogens is 219 g/mol. The summed E-state index contributed by atoms with van der Waals surface area (Å²) in [6.45, 7) is 9.56. The molecule has 0 aromatic carbocycles. The second kappa shape index (κ2) is 6.55. The molecule has 1 aromatic rings. The van der Waals surface area contributed by atoms with Crippen LogP contribution in [-0.4, -0.2) is 17.6 Å². The largest absolute Gasteiger partial charge is 0.474 e. The van der Waals surface area contributed by atoms with Gasteiger partial charge in [0.2, 0.25) is 5.88 Å². The standard InChI is InChI=1S/C13H21FN2O/c1-5-15-7-11-6-12(14)8-16-13(11)17-10(4)9(2)3/h6,8-10,15H,5,7H2,1-4H3. The highest BCUT2D eigenvalue weighted by atomic mass is 19.1. The predicted molar refractivity (Wildman–Crippen MR) is 66.5 cm³/mol. The van der Waals surface area contributed by atoms with Crippen molar-refractivity contribution in [1.29, 1.82) is 0 Å². The molecule has 1 aromatic heterocycles. The Kier molecular flexibility index (Phi) is 5.35. The van der Waals surface area contributed by atoms with Crippen LogP contribution in [0.5, 0.6) is 5.88 Å². The lowest BCUT2D eigenvalue weighted by molar-refractivity contribution is 0.161. The Morgan fingerprint density at radius 3 is 2.71 bits per heavy atom. The summed E-state index contributed by atoms with van der Waals surface area (Å²) < 4.78 is 18.9. The van der Waals surface area contributed by atoms with Crippen molar-refractivity contribution >= 4 is 0 Å². The quantitative estimate of drug-likeness (QED) is 0.830. The lowest BCUT2D eigenvalue weighted by atomic mass is 10.1. The number of rotatable bonds is 6. The SMILES string of the molecule is CCNCc1cc(F)cnc1OC(C)C(C)C. The molecule has 1 unspecified atom stereocenters. The molecular formula is C13H21FN2O. The van der Waals surface area contributed by atoms with Gasteiger partial charge in [0.25, 0.3) is 0 Å². The summed E-state index contributed by atoms with van der Waals surface area (Å²) in [6, 6.07) is 1.47. The molecule has 0 saturated carbocycles. The average molecular weight is 240 g/mol. The Morgan fingerprint density at radius 2 is 2.12 bits per heavy atom. The topological polar surface area (TPSA) is 34.2 Å². The van der Waals surface area contributed by atoms with Crippen molar-refractivity contribution in [3.05, 3.63) is 23.6 Å². The molecule has 1 heterocycles. The van der Waals surface area contributed by atoms with Gasteiger partial charge in [-0.3, -0.25) is 0 Å². The van der Waals surface area contributed by atoms with Crippen LogP contribution in [0.15, 0.2) is 12.3 Å². The van der Waals surface area contributed by atoms with Crippen LogP contribution >= 0.6 is 0 Å². The van der Waals surface area contributed by atoms with Gasteiger partial charge in [0.05, 0.1) is 12.3 Å². The second-order valence-corrected chi connectivity index (χ2v) is 4.47. The van der Waals surface area contributed by atoms with Crippen molar-refractivity contribution in [3.8, 4) is 5.88 Å². The van der Waals surface area contributed by atoms with Crippen LogP contribution < -0.4 is 10.1 Å². The van der Waals surface area contributed by atoms with Crippen LogP contribution in [0.4, 0.5) is 4.39 Å². The summed E-state index contributed by atoms with van der Waals surface area (Å²) in [5.41, 5.74) is 0.763. The van der Waals surface area contributed by atoms with Gasteiger partial charge in [-0.05, 0) is 25.5 Å². The van der Waals surface area contributed by atoms with Gasteiger partial charge in [-0.15, -0.1) is 0 Å². The Bertz CT molecular complexity index is 355. The first-order chi connectivity index (χ1) is 8.04. The van der Waals surface area contributed by atoms with Gasteiger partial charge < -0.3 is 10.1 Å². The number of pyridine rings is 1. The molecule has 0 aliphatic rings. The van der Waals surface area contributed by atoms with Gasteiger partial charge in [0.1, 0.15) is 5.82 Å². The Balaban J connectivity index is 2.82. The van der Waals surface area contributed by atoms with E-state index in [9.17, 15) is 4.39 Å². The summed E-state index contributed by atoms with van der Waals surface area (Å²) in [6.07, 6.45) is 1.26. The number of ether oxygens (including phenoxy) is 1. The van der Waals surface area contributed by atoms with E-state index in [4.69, 9.17) is 4.74 Å². The molecule has 0 bridgehead atoms. The smallest absolute Gasteiger partial charge is 0.218 e. The third-order valence-electron chi connectivity index (χ3n) is 2.69. The van der Waals surface area contributed by atoms with Gasteiger partial charge in [-0.2, -0.15) is 0 Å². The number of aromatic nitrogens is 1. The van der Waals surface area contributed by atoms with Crippen LogP contribution in [0.1, 0.15) is 33.3 Å². The average Bonchev–Trinajstić information content (AvgIpc) is 2.29. The fourth-order valence-corrected chi connectivity index (χ4v) is 1.27. The maximum absolute atomic E-state index is 13.1.